The molecule has 140 valence electrons. The van der Waals surface area contributed by atoms with Crippen molar-refractivity contribution in [2.24, 2.45) is 0 Å². The highest BCUT2D eigenvalue weighted by Gasteiger charge is 2.33. The second-order valence-corrected chi connectivity index (χ2v) is 6.56. The van der Waals surface area contributed by atoms with E-state index in [1.54, 1.807) is 42.5 Å². The Morgan fingerprint density at radius 1 is 0.857 bits per heavy atom. The van der Waals surface area contributed by atoms with Crippen LogP contribution in [0.15, 0.2) is 73.3 Å². The molecule has 0 unspecified atom stereocenters. The van der Waals surface area contributed by atoms with Gasteiger partial charge < -0.3 is 11.1 Å². The molecule has 0 atom stereocenters. The number of rotatable bonds is 2. The molecule has 4 nitrogen and oxygen atoms in total. The normalized spacial score (nSPS) is 11.6. The predicted octanol–water partition coefficient (Wildman–Crippen LogP) is 5.29. The Balaban J connectivity index is 0.000000706. The number of carbonyl (C=O) groups is 2. The Kier molecular flexibility index (Phi) is 5.41. The monoisotopic (exact) mass is 370 g/mol. The van der Waals surface area contributed by atoms with Crippen molar-refractivity contribution in [2.45, 2.75) is 13.8 Å². The van der Waals surface area contributed by atoms with E-state index < -0.39 is 0 Å². The number of fused-ring (bicyclic) bond motifs is 2. The third-order valence-corrected chi connectivity index (χ3v) is 4.44. The summed E-state index contributed by atoms with van der Waals surface area (Å²) in [6.07, 6.45) is 1.75. The fourth-order valence-corrected chi connectivity index (χ4v) is 3.14. The van der Waals surface area contributed by atoms with Crippen LogP contribution in [0.5, 0.6) is 0 Å². The number of nitrogens with two attached hydrogens (primary N) is 1. The summed E-state index contributed by atoms with van der Waals surface area (Å²) in [5.41, 5.74) is 10.4. The minimum atomic E-state index is -0.213. The molecular formula is C24H22N2O2. The average molecular weight is 370 g/mol. The molecule has 0 saturated carbocycles. The van der Waals surface area contributed by atoms with Crippen molar-refractivity contribution in [3.63, 3.8) is 0 Å². The maximum absolute atomic E-state index is 13.0. The molecule has 0 fully saturated rings. The molecule has 1 aliphatic rings. The van der Waals surface area contributed by atoms with Crippen molar-refractivity contribution in [1.82, 2.24) is 0 Å². The number of aryl methyl sites for hydroxylation is 1. The molecule has 0 radical (unpaired) electrons. The Labute approximate surface area is 164 Å². The second-order valence-electron chi connectivity index (χ2n) is 6.56. The van der Waals surface area contributed by atoms with Crippen molar-refractivity contribution in [2.75, 3.05) is 11.1 Å². The average Bonchev–Trinajstić information content (AvgIpc) is 2.69. The molecule has 0 aromatic heterocycles. The molecule has 0 saturated heterocycles. The molecule has 3 aromatic rings. The first-order valence-electron chi connectivity index (χ1n) is 8.99. The van der Waals surface area contributed by atoms with E-state index in [2.05, 4.69) is 11.9 Å². The molecule has 0 bridgehead atoms. The third-order valence-electron chi connectivity index (χ3n) is 4.44. The van der Waals surface area contributed by atoms with Crippen LogP contribution >= 0.6 is 0 Å². The summed E-state index contributed by atoms with van der Waals surface area (Å²) in [4.78, 5) is 25.9. The summed E-state index contributed by atoms with van der Waals surface area (Å²) in [6.45, 7) is 7.26. The fourth-order valence-electron chi connectivity index (χ4n) is 3.14. The van der Waals surface area contributed by atoms with Gasteiger partial charge in [-0.25, -0.2) is 0 Å². The van der Waals surface area contributed by atoms with Gasteiger partial charge in [0.15, 0.2) is 11.6 Å². The van der Waals surface area contributed by atoms with E-state index in [9.17, 15) is 9.59 Å². The number of ketones is 2. The van der Waals surface area contributed by atoms with E-state index in [1.807, 2.05) is 38.1 Å². The van der Waals surface area contributed by atoms with Crippen LogP contribution in [-0.2, 0) is 0 Å². The van der Waals surface area contributed by atoms with Crippen LogP contribution in [0, 0.1) is 6.92 Å². The van der Waals surface area contributed by atoms with Gasteiger partial charge in [-0.2, -0.15) is 0 Å². The largest absolute Gasteiger partial charge is 0.398 e. The van der Waals surface area contributed by atoms with Gasteiger partial charge in [-0.3, -0.25) is 9.59 Å². The minimum Gasteiger partial charge on any atom is -0.398 e. The predicted molar refractivity (Wildman–Crippen MR) is 114 cm³/mol. The van der Waals surface area contributed by atoms with Gasteiger partial charge in [-0.05, 0) is 38.1 Å². The Hall–Kier alpha value is -3.66. The topological polar surface area (TPSA) is 72.2 Å². The number of benzene rings is 3. The van der Waals surface area contributed by atoms with Crippen molar-refractivity contribution >= 4 is 28.6 Å². The lowest BCUT2D eigenvalue weighted by Crippen LogP contribution is -2.23. The zero-order valence-electron chi connectivity index (χ0n) is 16.0. The number of carbonyl (C=O) groups excluding carboxylic acids is 2. The molecule has 28 heavy (non-hydrogen) atoms. The van der Waals surface area contributed by atoms with Gasteiger partial charge in [-0.1, -0.05) is 48.0 Å². The highest BCUT2D eigenvalue weighted by atomic mass is 16.1. The van der Waals surface area contributed by atoms with E-state index in [1.165, 1.54) is 0 Å². The number of allylic oxidation sites excluding steroid dienone is 1. The number of nitrogen functional groups attached to an aromatic ring is 1. The molecule has 3 aromatic carbocycles. The Morgan fingerprint density at radius 3 is 1.96 bits per heavy atom. The van der Waals surface area contributed by atoms with Crippen molar-refractivity contribution in [3.05, 3.63) is 101 Å². The first-order valence-corrected chi connectivity index (χ1v) is 8.99. The summed E-state index contributed by atoms with van der Waals surface area (Å²) in [5, 5.41) is 3.24. The van der Waals surface area contributed by atoms with E-state index in [4.69, 9.17) is 5.73 Å². The summed E-state index contributed by atoms with van der Waals surface area (Å²) in [7, 11) is 0. The van der Waals surface area contributed by atoms with Crippen LogP contribution in [0.1, 0.15) is 44.3 Å². The number of nitrogens with one attached hydrogen (secondary N) is 1. The van der Waals surface area contributed by atoms with Gasteiger partial charge in [0, 0.05) is 22.5 Å². The number of hydrogen-bond donors (Lipinski definition) is 2. The zero-order chi connectivity index (χ0) is 20.3. The van der Waals surface area contributed by atoms with Gasteiger partial charge in [-0.15, -0.1) is 6.58 Å². The van der Waals surface area contributed by atoms with Crippen LogP contribution in [0.4, 0.5) is 17.1 Å². The molecular weight excluding hydrogens is 348 g/mol. The summed E-state index contributed by atoms with van der Waals surface area (Å²) < 4.78 is 0. The maximum Gasteiger partial charge on any atom is 0.196 e. The lowest BCUT2D eigenvalue weighted by molar-refractivity contribution is 0.0980. The molecule has 3 N–H and O–H groups in total. The molecule has 0 spiro atoms. The lowest BCUT2D eigenvalue weighted by atomic mass is 9.82. The summed E-state index contributed by atoms with van der Waals surface area (Å²) in [6, 6.07) is 18.1. The van der Waals surface area contributed by atoms with Gasteiger partial charge in [0.1, 0.15) is 0 Å². The van der Waals surface area contributed by atoms with Crippen LogP contribution < -0.4 is 11.1 Å². The maximum atomic E-state index is 13.0. The van der Waals surface area contributed by atoms with Gasteiger partial charge >= 0.3 is 0 Å². The van der Waals surface area contributed by atoms with Crippen molar-refractivity contribution in [3.8, 4) is 0 Å². The summed E-state index contributed by atoms with van der Waals surface area (Å²) in [5.74, 6) is -0.401. The van der Waals surface area contributed by atoms with Gasteiger partial charge in [0.05, 0.1) is 16.8 Å². The smallest absolute Gasteiger partial charge is 0.196 e. The number of anilines is 3. The van der Waals surface area contributed by atoms with E-state index in [-0.39, 0.29) is 17.1 Å². The molecule has 1 aliphatic carbocycles. The first-order chi connectivity index (χ1) is 13.5. The van der Waals surface area contributed by atoms with Gasteiger partial charge in [0.25, 0.3) is 0 Å². The molecule has 0 heterocycles. The van der Waals surface area contributed by atoms with Crippen LogP contribution in [0.3, 0.4) is 0 Å². The zero-order valence-corrected chi connectivity index (χ0v) is 16.0. The second kappa shape index (κ2) is 7.92. The standard InChI is InChI=1S/C21H16N2O2.C3H6/c1-12-6-8-13(9-7-12)23-17-11-10-16(22)18-19(17)21(25)15-5-3-2-4-14(15)20(18)24;1-3-2/h2-11,23H,22H2,1H3;3H,1H2,2H3. The van der Waals surface area contributed by atoms with Crippen LogP contribution in [0.2, 0.25) is 0 Å². The molecule has 4 rings (SSSR count). The molecule has 0 aliphatic heterocycles. The highest BCUT2D eigenvalue weighted by molar-refractivity contribution is 6.31. The van der Waals surface area contributed by atoms with E-state index >= 15 is 0 Å². The quantitative estimate of drug-likeness (QED) is 0.371. The van der Waals surface area contributed by atoms with E-state index in [0.29, 0.717) is 28.1 Å². The Morgan fingerprint density at radius 2 is 1.39 bits per heavy atom. The fraction of sp³-hybridized carbons (Fsp3) is 0.0833. The molecule has 4 heteroatoms. The first kappa shape index (κ1) is 19.1. The van der Waals surface area contributed by atoms with Crippen molar-refractivity contribution < 1.29 is 9.59 Å². The number of hydrogen-bond acceptors (Lipinski definition) is 4. The molecule has 0 amide bonds. The summed E-state index contributed by atoms with van der Waals surface area (Å²) >= 11 is 0. The highest BCUT2D eigenvalue weighted by Crippen LogP contribution is 2.36. The SMILES string of the molecule is C=CC.Cc1ccc(Nc2ccc(N)c3c2C(=O)c2ccccc2C3=O)cc1. The van der Waals surface area contributed by atoms with Crippen LogP contribution in [0.25, 0.3) is 0 Å². The minimum absolute atomic E-state index is 0.188. The van der Waals surface area contributed by atoms with Gasteiger partial charge in [0.2, 0.25) is 0 Å². The van der Waals surface area contributed by atoms with Crippen LogP contribution in [-0.4, -0.2) is 11.6 Å². The Bertz CT molecular complexity index is 1070. The lowest BCUT2D eigenvalue weighted by Gasteiger charge is -2.22. The third kappa shape index (κ3) is 3.45. The van der Waals surface area contributed by atoms with Crippen molar-refractivity contribution in [1.29, 1.82) is 0 Å². The van der Waals surface area contributed by atoms with E-state index in [0.717, 1.165) is 11.3 Å².